The third kappa shape index (κ3) is 8.68. The average Bonchev–Trinajstić information content (AvgIpc) is 2.32. The number of hydrogen-bond donors (Lipinski definition) is 1. The summed E-state index contributed by atoms with van der Waals surface area (Å²) in [7, 11) is 0. The van der Waals surface area contributed by atoms with Gasteiger partial charge in [0.2, 0.25) is 0 Å². The first-order chi connectivity index (χ1) is 8.69. The molecule has 0 fully saturated rings. The second-order valence-corrected chi connectivity index (χ2v) is 7.54. The fourth-order valence-electron chi connectivity index (χ4n) is 2.63. The maximum absolute atomic E-state index is 10.2. The van der Waals surface area contributed by atoms with E-state index in [2.05, 4.69) is 41.5 Å². The van der Waals surface area contributed by atoms with Gasteiger partial charge in [0.1, 0.15) is 0 Å². The first-order valence-corrected chi connectivity index (χ1v) is 8.42. The van der Waals surface area contributed by atoms with E-state index in [1.807, 2.05) is 6.92 Å². The monoisotopic (exact) mass is 270 g/mol. The van der Waals surface area contributed by atoms with Gasteiger partial charge in [-0.2, -0.15) is 0 Å². The van der Waals surface area contributed by atoms with Crippen LogP contribution in [0.2, 0.25) is 0 Å². The van der Waals surface area contributed by atoms with E-state index in [9.17, 15) is 5.11 Å². The molecule has 0 aromatic heterocycles. The lowest BCUT2D eigenvalue weighted by molar-refractivity contribution is 0.0327. The van der Waals surface area contributed by atoms with E-state index >= 15 is 0 Å². The van der Waals surface area contributed by atoms with Crippen molar-refractivity contribution in [3.8, 4) is 0 Å². The van der Waals surface area contributed by atoms with Crippen molar-refractivity contribution in [2.75, 3.05) is 0 Å². The minimum absolute atomic E-state index is 0.450. The number of rotatable bonds is 10. The second kappa shape index (κ2) is 9.00. The van der Waals surface area contributed by atoms with Crippen LogP contribution in [-0.2, 0) is 0 Å². The fraction of sp³-hybridized carbons (Fsp3) is 1.00. The van der Waals surface area contributed by atoms with Crippen LogP contribution < -0.4 is 0 Å². The first-order valence-electron chi connectivity index (χ1n) is 8.42. The quantitative estimate of drug-likeness (QED) is 0.543. The predicted molar refractivity (Wildman–Crippen MR) is 86.3 cm³/mol. The van der Waals surface area contributed by atoms with Crippen molar-refractivity contribution >= 4 is 0 Å². The Morgan fingerprint density at radius 1 is 0.789 bits per heavy atom. The molecule has 0 aromatic rings. The Balaban J connectivity index is 3.97. The number of hydrogen-bond acceptors (Lipinski definition) is 1. The maximum atomic E-state index is 10.2. The fourth-order valence-corrected chi connectivity index (χ4v) is 2.63. The topological polar surface area (TPSA) is 20.2 Å². The van der Waals surface area contributed by atoms with Crippen molar-refractivity contribution in [3.05, 3.63) is 0 Å². The molecule has 19 heavy (non-hydrogen) atoms. The highest BCUT2D eigenvalue weighted by Gasteiger charge is 2.22. The second-order valence-electron chi connectivity index (χ2n) is 7.54. The van der Waals surface area contributed by atoms with Gasteiger partial charge in [-0.25, -0.2) is 0 Å². The molecule has 0 rings (SSSR count). The van der Waals surface area contributed by atoms with Crippen molar-refractivity contribution in [3.63, 3.8) is 0 Å². The van der Waals surface area contributed by atoms with Crippen molar-refractivity contribution in [2.45, 2.75) is 92.6 Å². The molecule has 0 saturated carbocycles. The van der Waals surface area contributed by atoms with E-state index in [0.29, 0.717) is 0 Å². The summed E-state index contributed by atoms with van der Waals surface area (Å²) in [5.74, 6) is 3.13. The Labute approximate surface area is 122 Å². The van der Waals surface area contributed by atoms with E-state index in [0.717, 1.165) is 49.4 Å². The molecule has 0 aromatic carbocycles. The highest BCUT2D eigenvalue weighted by molar-refractivity contribution is 4.74. The lowest BCUT2D eigenvalue weighted by atomic mass is 9.81. The van der Waals surface area contributed by atoms with Crippen molar-refractivity contribution in [1.29, 1.82) is 0 Å². The van der Waals surface area contributed by atoms with Crippen LogP contribution in [-0.4, -0.2) is 10.7 Å². The van der Waals surface area contributed by atoms with Gasteiger partial charge in [0.25, 0.3) is 0 Å². The molecular formula is C18H38O. The van der Waals surface area contributed by atoms with Gasteiger partial charge in [-0.1, -0.05) is 60.8 Å². The van der Waals surface area contributed by atoms with Gasteiger partial charge < -0.3 is 5.11 Å². The molecular weight excluding hydrogens is 232 g/mol. The smallest absolute Gasteiger partial charge is 0.0619 e. The normalized spacial score (nSPS) is 20.1. The highest BCUT2D eigenvalue weighted by Crippen LogP contribution is 2.29. The molecule has 0 amide bonds. The largest absolute Gasteiger partial charge is 0.390 e. The Kier molecular flexibility index (Phi) is 8.98. The zero-order chi connectivity index (χ0) is 15.1. The van der Waals surface area contributed by atoms with Gasteiger partial charge in [-0.15, -0.1) is 0 Å². The molecule has 1 heteroatoms. The van der Waals surface area contributed by atoms with Crippen LogP contribution in [0.1, 0.15) is 87.0 Å². The molecule has 4 unspecified atom stereocenters. The van der Waals surface area contributed by atoms with Crippen molar-refractivity contribution < 1.29 is 5.11 Å². The molecule has 0 spiro atoms. The van der Waals surface area contributed by atoms with E-state index in [4.69, 9.17) is 0 Å². The summed E-state index contributed by atoms with van der Waals surface area (Å²) in [5, 5.41) is 10.2. The molecule has 116 valence electrons. The molecule has 0 saturated heterocycles. The van der Waals surface area contributed by atoms with Crippen molar-refractivity contribution in [1.82, 2.24) is 0 Å². The summed E-state index contributed by atoms with van der Waals surface area (Å²) in [4.78, 5) is 0. The van der Waals surface area contributed by atoms with E-state index in [1.165, 1.54) is 12.8 Å². The maximum Gasteiger partial charge on any atom is 0.0619 e. The molecule has 0 aliphatic heterocycles. The minimum Gasteiger partial charge on any atom is -0.390 e. The van der Waals surface area contributed by atoms with Crippen LogP contribution in [0.3, 0.4) is 0 Å². The summed E-state index contributed by atoms with van der Waals surface area (Å²) < 4.78 is 0. The van der Waals surface area contributed by atoms with Crippen LogP contribution >= 0.6 is 0 Å². The summed E-state index contributed by atoms with van der Waals surface area (Å²) in [5.41, 5.74) is -0.450. The molecule has 4 atom stereocenters. The lowest BCUT2D eigenvalue weighted by Gasteiger charge is -2.27. The lowest BCUT2D eigenvalue weighted by Crippen LogP contribution is -2.25. The summed E-state index contributed by atoms with van der Waals surface area (Å²) in [6, 6.07) is 0. The van der Waals surface area contributed by atoms with Crippen LogP contribution in [0.15, 0.2) is 0 Å². The van der Waals surface area contributed by atoms with Crippen LogP contribution in [0, 0.1) is 23.7 Å². The van der Waals surface area contributed by atoms with Crippen LogP contribution in [0.4, 0.5) is 0 Å². The molecule has 0 radical (unpaired) electrons. The number of aliphatic hydroxyl groups is 1. The summed E-state index contributed by atoms with van der Waals surface area (Å²) in [6.45, 7) is 15.9. The zero-order valence-electron chi connectivity index (χ0n) is 14.5. The Bertz CT molecular complexity index is 220. The predicted octanol–water partition coefficient (Wildman–Crippen LogP) is 5.66. The van der Waals surface area contributed by atoms with E-state index in [-0.39, 0.29) is 0 Å². The van der Waals surface area contributed by atoms with E-state index < -0.39 is 5.60 Å². The standard InChI is InChI=1S/C18H38O/c1-8-12-18(7,19)13-11-17(6)16(5)10-9-15(4)14(2)3/h14-17,19H,8-13H2,1-7H3. The third-order valence-electron chi connectivity index (χ3n) is 5.11. The van der Waals surface area contributed by atoms with Crippen LogP contribution in [0.5, 0.6) is 0 Å². The minimum atomic E-state index is -0.450. The molecule has 1 N–H and O–H groups in total. The summed E-state index contributed by atoms with van der Waals surface area (Å²) in [6.07, 6.45) is 6.78. The average molecular weight is 271 g/mol. The van der Waals surface area contributed by atoms with Gasteiger partial charge in [-0.05, 0) is 49.9 Å². The molecule has 0 bridgehead atoms. The SMILES string of the molecule is CCCC(C)(O)CCC(C)C(C)CCC(C)C(C)C. The first kappa shape index (κ1) is 19.0. The summed E-state index contributed by atoms with van der Waals surface area (Å²) >= 11 is 0. The molecule has 1 nitrogen and oxygen atoms in total. The zero-order valence-corrected chi connectivity index (χ0v) is 14.5. The van der Waals surface area contributed by atoms with Crippen LogP contribution in [0.25, 0.3) is 0 Å². The van der Waals surface area contributed by atoms with Gasteiger partial charge in [0.05, 0.1) is 5.60 Å². The molecule has 0 heterocycles. The van der Waals surface area contributed by atoms with Crippen molar-refractivity contribution in [2.24, 2.45) is 23.7 Å². The van der Waals surface area contributed by atoms with Gasteiger partial charge in [0, 0.05) is 0 Å². The Morgan fingerprint density at radius 3 is 1.74 bits per heavy atom. The van der Waals surface area contributed by atoms with Gasteiger partial charge in [0.15, 0.2) is 0 Å². The van der Waals surface area contributed by atoms with E-state index in [1.54, 1.807) is 0 Å². The third-order valence-corrected chi connectivity index (χ3v) is 5.11. The Morgan fingerprint density at radius 2 is 1.26 bits per heavy atom. The van der Waals surface area contributed by atoms with Gasteiger partial charge in [-0.3, -0.25) is 0 Å². The highest BCUT2D eigenvalue weighted by atomic mass is 16.3. The molecule has 0 aliphatic carbocycles. The van der Waals surface area contributed by atoms with Gasteiger partial charge >= 0.3 is 0 Å². The Hall–Kier alpha value is -0.0400. The molecule has 0 aliphatic rings.